The van der Waals surface area contributed by atoms with E-state index in [0.29, 0.717) is 24.2 Å². The Labute approximate surface area is 550 Å². The van der Waals surface area contributed by atoms with Gasteiger partial charge in [0.05, 0.1) is 37.1 Å². The Morgan fingerprint density at radius 3 is 2.21 bits per heavy atom. The van der Waals surface area contributed by atoms with Gasteiger partial charge in [-0.05, 0) is 65.6 Å². The minimum absolute atomic E-state index is 0. The van der Waals surface area contributed by atoms with Crippen LogP contribution in [0.3, 0.4) is 0 Å². The summed E-state index contributed by atoms with van der Waals surface area (Å²) in [5.41, 5.74) is -0.297. The number of aromatic nitrogens is 1. The molecular weight excluding hydrogens is 1330 g/mol. The minimum Gasteiger partial charge on any atom is -0.481 e. The zero-order valence-electron chi connectivity index (χ0n) is 39.9. The van der Waals surface area contributed by atoms with Crippen LogP contribution >= 0.6 is 0 Å². The first-order valence-electron chi connectivity index (χ1n) is 19.7. The van der Waals surface area contributed by atoms with Crippen LogP contribution in [0.4, 0.5) is 0 Å². The molecule has 0 unspecified atom stereocenters. The van der Waals surface area contributed by atoms with Crippen LogP contribution in [0.2, 0.25) is 0 Å². The molecule has 1 aromatic rings. The van der Waals surface area contributed by atoms with Crippen LogP contribution in [0.1, 0.15) is 87.3 Å². The Morgan fingerprint density at radius 2 is 1.68 bits per heavy atom. The zero-order chi connectivity index (χ0) is 42.1. The molecule has 62 heavy (non-hydrogen) atoms. The van der Waals surface area contributed by atoms with Crippen LogP contribution in [0.15, 0.2) is 35.6 Å². The number of aliphatic hydroxyl groups is 1. The van der Waals surface area contributed by atoms with Crippen molar-refractivity contribution < 1.29 is 278 Å². The Kier molecular flexibility index (Phi) is 41.3. The Hall–Kier alpha value is 4.69. The monoisotopic (exact) mass is 1400 g/mol. The quantitative estimate of drug-likeness (QED) is 0.156. The van der Waals surface area contributed by atoms with Gasteiger partial charge in [0, 0.05) is 266 Å². The molecule has 13 nitrogen and oxygen atoms in total. The number of nitrogens with zero attached hydrogens (tertiary/aromatic N) is 3. The number of methoxy groups -OCH3 is 1. The van der Waals surface area contributed by atoms with E-state index in [1.54, 1.807) is 40.1 Å². The van der Waals surface area contributed by atoms with E-state index in [0.717, 1.165) is 11.1 Å². The second kappa shape index (κ2) is 34.9. The summed E-state index contributed by atoms with van der Waals surface area (Å²) >= 11 is 0. The van der Waals surface area contributed by atoms with Crippen LogP contribution in [0, 0.1) is 38.0 Å². The molecule has 0 amide bonds. The maximum atomic E-state index is 14.4. The van der Waals surface area contributed by atoms with Crippen molar-refractivity contribution in [3.05, 3.63) is 62.0 Å². The van der Waals surface area contributed by atoms with Crippen molar-refractivity contribution in [2.45, 2.75) is 135 Å². The van der Waals surface area contributed by atoms with Gasteiger partial charge in [-0.1, -0.05) is 45.0 Å². The summed E-state index contributed by atoms with van der Waals surface area (Å²) in [6, 6.07) is 3.60. The van der Waals surface area contributed by atoms with E-state index in [1.807, 2.05) is 47.9 Å². The van der Waals surface area contributed by atoms with Crippen molar-refractivity contribution in [3.63, 3.8) is 0 Å². The average molecular weight is 1400 g/mol. The molecule has 0 aromatic carbocycles. The van der Waals surface area contributed by atoms with Crippen LogP contribution in [-0.2, 0) is 278 Å². The molecule has 0 aliphatic carbocycles. The smallest absolute Gasteiger partial charge is 0.186 e. The van der Waals surface area contributed by atoms with Gasteiger partial charge in [-0.2, -0.15) is 13.0 Å². The number of fused-ring (bicyclic) bond motifs is 5. The summed E-state index contributed by atoms with van der Waals surface area (Å²) in [6.45, 7) is 22.8. The van der Waals surface area contributed by atoms with Gasteiger partial charge in [0.1, 0.15) is 30.1 Å². The Morgan fingerprint density at radius 1 is 1.06 bits per heavy atom. The molecule has 4 heterocycles. The van der Waals surface area contributed by atoms with Crippen LogP contribution in [0.5, 0.6) is 0 Å². The molecule has 3 aliphatic rings. The van der Waals surface area contributed by atoms with E-state index in [-0.39, 0.29) is 279 Å². The number of hydrogen-bond donors (Lipinski definition) is 1. The number of esters is 1. The van der Waals surface area contributed by atoms with Crippen molar-refractivity contribution in [1.82, 2.24) is 9.88 Å². The van der Waals surface area contributed by atoms with Gasteiger partial charge in [0.2, 0.25) is 0 Å². The molecule has 1 aromatic heterocycles. The molecule has 2 bridgehead atoms. The standard InChI is InChI=1S/C41H63N3O10.CH3.7Y/c1-14-33-41(10,47)37-27(6)26(5)23(2)18-40(9,50-22-31(21-49-37)43-51-20-30-16-15-24(3)42-19-30)36(28(7)34(45)29(8)38(46)53-33)54-39-35(48-13)32(44(11)12)17-25(4)52-39;;;;;;;;/h15-16,19,23,25,27-28,32-33,35-37,39,47H,3,5,14,17-18,20-22H2,1-2,4,6-13H3;1H3;;;;;;;/q-2;-1;;;;;;;/b43-31+;;;;;;;;/t23-,25-,27+,28+,32+,33-,35-,36-,37-,39+,40-,41-;;;;;;;;/m1......../s1/i;1T;;;;;;;. The van der Waals surface area contributed by atoms with Crippen LogP contribution in [0.25, 0.3) is 0 Å². The number of pyridine rings is 1. The molecule has 12 atom stereocenters. The molecular formula is C42H66N3O10Y7-3. The fraction of sp³-hybridized carbons (Fsp3) is 0.690. The first-order chi connectivity index (χ1) is 26.3. The molecule has 3 fully saturated rings. The third kappa shape index (κ3) is 19.9. The summed E-state index contributed by atoms with van der Waals surface area (Å²) < 4.78 is 44.3. The van der Waals surface area contributed by atoms with Gasteiger partial charge in [0.25, 0.3) is 0 Å². The largest absolute Gasteiger partial charge is 0.481 e. The first-order valence-corrected chi connectivity index (χ1v) is 19.0. The SMILES string of the molecule is C=C1[C@H](C)C[C@@]2(C)OC/C(=N/OCc3ccc([CH2-])nc3)CO[C@H]([C@H]1C)[C@](C)(O)[C@@H](CC)OC(=O)[C-](C)C(=O)[C@H](C)[C@H]2O[C@@H]1O[C@H](C)C[C@H](N(C)C)[C@H]1OC.[3H][CH2-].[Y].[Y].[Y].[Y].[Y].[Y].[Y]. The Balaban J connectivity index is -0.00000123. The number of carbonyl (C=O) groups excluding carboxylic acids is 2. The summed E-state index contributed by atoms with van der Waals surface area (Å²) in [5.74, 6) is -2.98. The normalized spacial score (nSPS) is 33.6. The molecule has 0 saturated carbocycles. The summed E-state index contributed by atoms with van der Waals surface area (Å²) in [4.78, 5) is 40.3. The fourth-order valence-electron chi connectivity index (χ4n) is 8.16. The number of ether oxygens (including phenoxy) is 6. The molecule has 1 N–H and O–H groups in total. The second-order valence-electron chi connectivity index (χ2n) is 16.0. The number of carbonyl (C=O) groups is 2. The second-order valence-corrected chi connectivity index (χ2v) is 16.0. The molecule has 3 aliphatic heterocycles. The van der Waals surface area contributed by atoms with Gasteiger partial charge in [0.15, 0.2) is 12.3 Å². The number of likely N-dealkylation sites (N-methyl/N-ethyl adjacent to an activating group) is 1. The topological polar surface area (TPSA) is 147 Å². The van der Waals surface area contributed by atoms with Gasteiger partial charge in [-0.25, -0.2) is 14.2 Å². The van der Waals surface area contributed by atoms with Crippen molar-refractivity contribution in [1.29, 1.82) is 0 Å². The summed E-state index contributed by atoms with van der Waals surface area (Å²) in [5, 5.41) is 16.7. The third-order valence-electron chi connectivity index (χ3n) is 11.5. The molecule has 7 radical (unpaired) electrons. The number of Topliss-reactive ketones (excluding diaryl/α,β-unsaturated/α-hetero) is 1. The van der Waals surface area contributed by atoms with Crippen LogP contribution < -0.4 is 0 Å². The van der Waals surface area contributed by atoms with E-state index in [4.69, 9.17) is 34.6 Å². The predicted octanol–water partition coefficient (Wildman–Crippen LogP) is 5.31. The molecule has 3 saturated heterocycles. The van der Waals surface area contributed by atoms with E-state index < -0.39 is 65.5 Å². The van der Waals surface area contributed by atoms with Crippen molar-refractivity contribution >= 4 is 17.5 Å². The molecule has 20 heteroatoms. The van der Waals surface area contributed by atoms with E-state index >= 15 is 0 Å². The predicted molar refractivity (Wildman–Crippen MR) is 209 cm³/mol. The van der Waals surface area contributed by atoms with E-state index in [1.165, 1.54) is 6.92 Å². The van der Waals surface area contributed by atoms with Gasteiger partial charge >= 0.3 is 0 Å². The zero-order valence-corrected chi connectivity index (χ0v) is 58.7. The van der Waals surface area contributed by atoms with Gasteiger partial charge < -0.3 is 55.5 Å². The number of ketones is 1. The molecule has 0 spiro atoms. The number of oxime groups is 1. The van der Waals surface area contributed by atoms with Gasteiger partial charge in [-0.3, -0.25) is 9.78 Å². The minimum atomic E-state index is -1.70. The summed E-state index contributed by atoms with van der Waals surface area (Å²) in [6.07, 6.45) is -1.46. The van der Waals surface area contributed by atoms with Crippen molar-refractivity contribution in [3.8, 4) is 0 Å². The Bertz CT molecular complexity index is 1510. The average Bonchev–Trinajstić information content (AvgIpc) is 3.18. The number of hydrogen-bond acceptors (Lipinski definition) is 13. The van der Waals surface area contributed by atoms with Gasteiger partial charge in [-0.15, -0.1) is 11.8 Å². The molecule has 4 rings (SSSR count). The van der Waals surface area contributed by atoms with Crippen LogP contribution in [-0.4, -0.2) is 121 Å². The van der Waals surface area contributed by atoms with E-state index in [9.17, 15) is 14.7 Å². The van der Waals surface area contributed by atoms with E-state index in [2.05, 4.69) is 35.9 Å². The number of cyclic esters (lactones) is 1. The van der Waals surface area contributed by atoms with Crippen molar-refractivity contribution in [2.24, 2.45) is 22.9 Å². The third-order valence-corrected chi connectivity index (χ3v) is 11.5. The maximum absolute atomic E-state index is 14.4. The molecule has 333 valence electrons. The maximum Gasteiger partial charge on any atom is 0.186 e. The summed E-state index contributed by atoms with van der Waals surface area (Å²) in [7, 11) is 8.09. The number of rotatable bonds is 8. The van der Waals surface area contributed by atoms with Crippen molar-refractivity contribution in [2.75, 3.05) is 34.4 Å². The first kappa shape index (κ1) is 73.2. The fourth-order valence-corrected chi connectivity index (χ4v) is 8.16.